The predicted octanol–water partition coefficient (Wildman–Crippen LogP) is 3.21. The number of carbonyl (C=O) groups excluding carboxylic acids is 1. The second-order valence-corrected chi connectivity index (χ2v) is 7.73. The Hall–Kier alpha value is -2.12. The topological polar surface area (TPSA) is 80.2 Å². The number of nitrogens with one attached hydrogen (secondary N) is 2. The van der Waals surface area contributed by atoms with Gasteiger partial charge in [-0.05, 0) is 31.5 Å². The molecule has 0 aliphatic rings. The number of benzene rings is 1. The molecular weight excluding hydrogens is 441 g/mol. The molecule has 13 heteroatoms. The molecule has 1 atom stereocenters. The third-order valence-electron chi connectivity index (χ3n) is 3.89. The lowest BCUT2D eigenvalue weighted by Crippen LogP contribution is -2.43. The number of amides is 1. The maximum absolute atomic E-state index is 13.3. The number of hydrogen-bond acceptors (Lipinski definition) is 3. The summed E-state index contributed by atoms with van der Waals surface area (Å²) in [5.41, 5.74) is -0.369. The van der Waals surface area contributed by atoms with Crippen LogP contribution in [0.2, 0.25) is 0 Å². The van der Waals surface area contributed by atoms with Crippen LogP contribution >= 0.6 is 13.5 Å². The van der Waals surface area contributed by atoms with E-state index in [0.29, 0.717) is 6.92 Å². The van der Waals surface area contributed by atoms with Gasteiger partial charge in [0.05, 0.1) is 0 Å². The van der Waals surface area contributed by atoms with Gasteiger partial charge in [-0.15, -0.1) is 0 Å². The summed E-state index contributed by atoms with van der Waals surface area (Å²) in [5.74, 6) is -3.17. The minimum atomic E-state index is -4.79. The first-order valence-electron chi connectivity index (χ1n) is 7.75. The average molecular weight is 459 g/mol. The third-order valence-corrected chi connectivity index (χ3v) is 5.55. The number of halogens is 5. The summed E-state index contributed by atoms with van der Waals surface area (Å²) < 4.78 is 91.4. The Morgan fingerprint density at radius 1 is 1.17 bits per heavy atom. The van der Waals surface area contributed by atoms with Crippen LogP contribution in [0.1, 0.15) is 23.0 Å². The first kappa shape index (κ1) is 24.9. The van der Waals surface area contributed by atoms with Crippen LogP contribution in [0, 0.1) is 18.6 Å². The number of hydrogen-bond donors (Lipinski definition) is 2. The molecule has 0 unspecified atom stereocenters. The molecule has 1 heterocycles. The molecule has 0 bridgehead atoms. The molecule has 6 nitrogen and oxygen atoms in total. The van der Waals surface area contributed by atoms with Gasteiger partial charge in [-0.3, -0.25) is 4.79 Å². The quantitative estimate of drug-likeness (QED) is 0.674. The molecule has 1 aromatic carbocycles. The fourth-order valence-electron chi connectivity index (χ4n) is 2.45. The summed E-state index contributed by atoms with van der Waals surface area (Å²) in [5, 5.41) is 2.28. The number of anilines is 1. The van der Waals surface area contributed by atoms with Gasteiger partial charge >= 0.3 is 6.18 Å². The molecule has 0 saturated carbocycles. The van der Waals surface area contributed by atoms with Crippen LogP contribution in [0.25, 0.3) is 0 Å². The fourth-order valence-corrected chi connectivity index (χ4v) is 3.97. The van der Waals surface area contributed by atoms with Crippen LogP contribution in [0.3, 0.4) is 0 Å². The normalized spacial score (nSPS) is 13.0. The number of rotatable bonds is 5. The molecule has 1 amide bonds. The second-order valence-electron chi connectivity index (χ2n) is 6.05. The number of sulfonamides is 1. The highest BCUT2D eigenvalue weighted by molar-refractivity contribution is 7.89. The number of carbonyl (C=O) groups is 1. The molecule has 0 spiro atoms. The maximum atomic E-state index is 13.3. The zero-order valence-electron chi connectivity index (χ0n) is 15.4. The van der Waals surface area contributed by atoms with Crippen molar-refractivity contribution >= 4 is 35.1 Å². The zero-order valence-corrected chi connectivity index (χ0v) is 17.2. The summed E-state index contributed by atoms with van der Waals surface area (Å²) in [6.45, 7) is 1.89. The lowest BCUT2D eigenvalue weighted by atomic mass is 10.2. The monoisotopic (exact) mass is 459 g/mol. The second kappa shape index (κ2) is 8.71. The highest BCUT2D eigenvalue weighted by atomic mass is 32.2. The average Bonchev–Trinajstić information content (AvgIpc) is 2.85. The smallest absolute Gasteiger partial charge is 0.345 e. The van der Waals surface area contributed by atoms with Gasteiger partial charge in [-0.25, -0.2) is 17.2 Å². The van der Waals surface area contributed by atoms with E-state index in [1.807, 2.05) is 0 Å². The molecule has 0 saturated heterocycles. The lowest BCUT2D eigenvalue weighted by molar-refractivity contribution is -0.147. The molecule has 0 aliphatic heterocycles. The van der Waals surface area contributed by atoms with Gasteiger partial charge in [0, 0.05) is 25.0 Å². The summed E-state index contributed by atoms with van der Waals surface area (Å²) >= 11 is 0. The highest BCUT2D eigenvalue weighted by Crippen LogP contribution is 2.25. The van der Waals surface area contributed by atoms with Crippen molar-refractivity contribution in [2.75, 3.05) is 5.32 Å². The summed E-state index contributed by atoms with van der Waals surface area (Å²) in [6, 6.07) is 0.284. The van der Waals surface area contributed by atoms with Crippen LogP contribution in [0.5, 0.6) is 0 Å². The van der Waals surface area contributed by atoms with E-state index in [4.69, 9.17) is 0 Å². The summed E-state index contributed by atoms with van der Waals surface area (Å²) in [4.78, 5) is 11.9. The van der Waals surface area contributed by atoms with E-state index in [1.54, 1.807) is 0 Å². The number of aromatic nitrogens is 1. The minimum absolute atomic E-state index is 0. The molecule has 29 heavy (non-hydrogen) atoms. The van der Waals surface area contributed by atoms with Crippen molar-refractivity contribution in [3.05, 3.63) is 47.3 Å². The Kier molecular flexibility index (Phi) is 7.49. The van der Waals surface area contributed by atoms with Crippen molar-refractivity contribution in [2.24, 2.45) is 7.05 Å². The molecule has 162 valence electrons. The number of aryl methyl sites for hydroxylation is 1. The largest absolute Gasteiger partial charge is 0.404 e. The Labute approximate surface area is 170 Å². The molecule has 2 rings (SSSR count). The molecule has 2 aromatic rings. The van der Waals surface area contributed by atoms with Crippen LogP contribution in [0.4, 0.5) is 27.6 Å². The van der Waals surface area contributed by atoms with E-state index in [1.165, 1.54) is 18.7 Å². The van der Waals surface area contributed by atoms with Crippen molar-refractivity contribution in [1.29, 1.82) is 0 Å². The fraction of sp³-hybridized carbons (Fsp3) is 0.312. The van der Waals surface area contributed by atoms with Crippen LogP contribution in [0.15, 0.2) is 29.3 Å². The highest BCUT2D eigenvalue weighted by Gasteiger charge is 2.39. The van der Waals surface area contributed by atoms with Crippen molar-refractivity contribution in [3.8, 4) is 0 Å². The lowest BCUT2D eigenvalue weighted by Gasteiger charge is -2.17. The molecule has 0 radical (unpaired) electrons. The standard InChI is InChI=1S/C16H16F5N3O3S.H2S/c1-8-13(28(26,27)23-9(2)16(19,20)21)7-24(3)14(8)15(25)22-10-4-5-11(17)12(18)6-10;/h4-7,9,23H,1-3H3,(H,22,25);1H2/t9-;/m0./s1. The van der Waals surface area contributed by atoms with E-state index < -0.39 is 44.7 Å². The van der Waals surface area contributed by atoms with Gasteiger partial charge in [0.25, 0.3) is 5.91 Å². The van der Waals surface area contributed by atoms with Gasteiger partial charge in [0.1, 0.15) is 16.6 Å². The van der Waals surface area contributed by atoms with Crippen molar-refractivity contribution in [3.63, 3.8) is 0 Å². The summed E-state index contributed by atoms with van der Waals surface area (Å²) in [6.07, 6.45) is -3.80. The van der Waals surface area contributed by atoms with Gasteiger partial charge in [-0.1, -0.05) is 0 Å². The predicted molar refractivity (Wildman–Crippen MR) is 101 cm³/mol. The minimum Gasteiger partial charge on any atom is -0.345 e. The maximum Gasteiger partial charge on any atom is 0.404 e. The SMILES string of the molecule is Cc1c(S(=O)(=O)N[C@@H](C)C(F)(F)F)cn(C)c1C(=O)Nc1ccc(F)c(F)c1.S. The Bertz CT molecular complexity index is 1020. The van der Waals surface area contributed by atoms with E-state index in [-0.39, 0.29) is 30.4 Å². The van der Waals surface area contributed by atoms with E-state index >= 15 is 0 Å². The Morgan fingerprint density at radius 3 is 2.28 bits per heavy atom. The van der Waals surface area contributed by atoms with E-state index in [0.717, 1.165) is 29.0 Å². The van der Waals surface area contributed by atoms with Gasteiger partial charge in [0.2, 0.25) is 10.0 Å². The van der Waals surface area contributed by atoms with Crippen LogP contribution in [-0.2, 0) is 17.1 Å². The van der Waals surface area contributed by atoms with Crippen LogP contribution < -0.4 is 10.0 Å². The summed E-state index contributed by atoms with van der Waals surface area (Å²) in [7, 11) is -3.26. The van der Waals surface area contributed by atoms with Gasteiger partial charge < -0.3 is 9.88 Å². The Morgan fingerprint density at radius 2 is 1.76 bits per heavy atom. The molecule has 0 fully saturated rings. The molecular formula is C16H18F5N3O3S2. The van der Waals surface area contributed by atoms with E-state index in [9.17, 15) is 35.2 Å². The number of nitrogens with zero attached hydrogens (tertiary/aromatic N) is 1. The molecule has 2 N–H and O–H groups in total. The molecule has 0 aliphatic carbocycles. The van der Waals surface area contributed by atoms with Crippen molar-refractivity contribution in [2.45, 2.75) is 31.0 Å². The first-order chi connectivity index (χ1) is 12.7. The molecule has 1 aromatic heterocycles. The van der Waals surface area contributed by atoms with Crippen molar-refractivity contribution < 1.29 is 35.2 Å². The third kappa shape index (κ3) is 5.48. The van der Waals surface area contributed by atoms with E-state index in [2.05, 4.69) is 5.32 Å². The zero-order chi connectivity index (χ0) is 21.4. The van der Waals surface area contributed by atoms with Gasteiger partial charge in [-0.2, -0.15) is 31.4 Å². The number of alkyl halides is 3. The van der Waals surface area contributed by atoms with Gasteiger partial charge in [0.15, 0.2) is 11.6 Å². The van der Waals surface area contributed by atoms with Crippen molar-refractivity contribution in [1.82, 2.24) is 9.29 Å². The first-order valence-corrected chi connectivity index (χ1v) is 9.23. The van der Waals surface area contributed by atoms with Crippen LogP contribution in [-0.4, -0.2) is 31.1 Å². The Balaban J connectivity index is 0.00000420.